The van der Waals surface area contributed by atoms with E-state index in [-0.39, 0.29) is 17.9 Å². The third-order valence-electron chi connectivity index (χ3n) is 8.26. The number of hydrogen-bond acceptors (Lipinski definition) is 4. The summed E-state index contributed by atoms with van der Waals surface area (Å²) in [6, 6.07) is 7.43. The predicted octanol–water partition coefficient (Wildman–Crippen LogP) is 4.33. The molecule has 2 aliphatic heterocycles. The van der Waals surface area contributed by atoms with Gasteiger partial charge in [0.2, 0.25) is 0 Å². The van der Waals surface area contributed by atoms with Gasteiger partial charge in [0.15, 0.2) is 0 Å². The van der Waals surface area contributed by atoms with E-state index in [0.29, 0.717) is 23.9 Å². The second kappa shape index (κ2) is 9.58. The molecule has 3 aliphatic rings. The van der Waals surface area contributed by atoms with Gasteiger partial charge in [0.25, 0.3) is 5.91 Å². The SMILES string of the molecule is CCn1nc(C)c(CN2CCC([C@]3(Cc4ccccc4Cl)NC(=O)N(CC4CC4)C3=O)CC2)c1C. The Bertz CT molecular complexity index is 1120. The van der Waals surface area contributed by atoms with Crippen LogP contribution in [0.15, 0.2) is 24.3 Å². The van der Waals surface area contributed by atoms with Gasteiger partial charge < -0.3 is 5.32 Å². The third kappa shape index (κ3) is 4.60. The molecule has 1 atom stereocenters. The van der Waals surface area contributed by atoms with Crippen molar-refractivity contribution in [1.82, 2.24) is 24.9 Å². The second-order valence-corrected chi connectivity index (χ2v) is 11.0. The minimum Gasteiger partial charge on any atom is -0.322 e. The van der Waals surface area contributed by atoms with Crippen LogP contribution in [-0.2, 0) is 24.3 Å². The number of benzene rings is 1. The van der Waals surface area contributed by atoms with Crippen LogP contribution in [0.3, 0.4) is 0 Å². The van der Waals surface area contributed by atoms with E-state index in [1.54, 1.807) is 0 Å². The quantitative estimate of drug-likeness (QED) is 0.551. The Hall–Kier alpha value is -2.38. The molecule has 7 nitrogen and oxygen atoms in total. The van der Waals surface area contributed by atoms with Crippen LogP contribution in [-0.4, -0.2) is 56.7 Å². The zero-order valence-corrected chi connectivity index (χ0v) is 21.8. The molecule has 1 aromatic heterocycles. The first-order chi connectivity index (χ1) is 16.8. The van der Waals surface area contributed by atoms with E-state index in [9.17, 15) is 9.59 Å². The highest BCUT2D eigenvalue weighted by atomic mass is 35.5. The topological polar surface area (TPSA) is 70.5 Å². The lowest BCUT2D eigenvalue weighted by molar-refractivity contribution is -0.134. The molecule has 2 aromatic rings. The molecule has 3 fully saturated rings. The average molecular weight is 498 g/mol. The molecule has 188 valence electrons. The number of likely N-dealkylation sites (tertiary alicyclic amines) is 1. The maximum Gasteiger partial charge on any atom is 0.325 e. The first-order valence-corrected chi connectivity index (χ1v) is 13.3. The Balaban J connectivity index is 1.35. The van der Waals surface area contributed by atoms with Crippen LogP contribution in [0.25, 0.3) is 0 Å². The van der Waals surface area contributed by atoms with Crippen molar-refractivity contribution in [1.29, 1.82) is 0 Å². The van der Waals surface area contributed by atoms with Crippen molar-refractivity contribution in [2.45, 2.75) is 71.5 Å². The second-order valence-electron chi connectivity index (χ2n) is 10.5. The van der Waals surface area contributed by atoms with E-state index in [1.807, 2.05) is 24.3 Å². The lowest BCUT2D eigenvalue weighted by Gasteiger charge is -2.41. The summed E-state index contributed by atoms with van der Waals surface area (Å²) in [5, 5.41) is 8.50. The monoisotopic (exact) mass is 497 g/mol. The molecule has 2 saturated heterocycles. The highest BCUT2D eigenvalue weighted by molar-refractivity contribution is 6.31. The summed E-state index contributed by atoms with van der Waals surface area (Å²) in [5.74, 6) is 0.457. The molecule has 1 N–H and O–H groups in total. The number of urea groups is 1. The number of aromatic nitrogens is 2. The number of hydrogen-bond donors (Lipinski definition) is 1. The fourth-order valence-corrected chi connectivity index (χ4v) is 6.13. The predicted molar refractivity (Wildman–Crippen MR) is 136 cm³/mol. The van der Waals surface area contributed by atoms with E-state index < -0.39 is 5.54 Å². The summed E-state index contributed by atoms with van der Waals surface area (Å²) in [7, 11) is 0. The Labute approximate surface area is 212 Å². The molecule has 1 saturated carbocycles. The summed E-state index contributed by atoms with van der Waals surface area (Å²) in [6.07, 6.45) is 4.34. The smallest absolute Gasteiger partial charge is 0.322 e. The number of rotatable bonds is 8. The van der Waals surface area contributed by atoms with Crippen LogP contribution in [0.5, 0.6) is 0 Å². The largest absolute Gasteiger partial charge is 0.325 e. The molecule has 1 aromatic carbocycles. The van der Waals surface area contributed by atoms with Gasteiger partial charge in [-0.25, -0.2) is 4.79 Å². The highest BCUT2D eigenvalue weighted by Crippen LogP contribution is 2.40. The molecule has 8 heteroatoms. The summed E-state index contributed by atoms with van der Waals surface area (Å²) < 4.78 is 2.07. The summed E-state index contributed by atoms with van der Waals surface area (Å²) >= 11 is 6.52. The van der Waals surface area contributed by atoms with Crippen LogP contribution in [0.2, 0.25) is 5.02 Å². The number of aryl methyl sites for hydroxylation is 2. The van der Waals surface area contributed by atoms with Crippen molar-refractivity contribution >= 4 is 23.5 Å². The van der Waals surface area contributed by atoms with E-state index in [2.05, 4.69) is 40.8 Å². The minimum absolute atomic E-state index is 0.0660. The molecule has 3 amide bonds. The molecule has 35 heavy (non-hydrogen) atoms. The van der Waals surface area contributed by atoms with Crippen LogP contribution in [0.1, 0.15) is 55.1 Å². The van der Waals surface area contributed by atoms with Gasteiger partial charge in [-0.2, -0.15) is 5.10 Å². The normalized spacial score (nSPS) is 23.8. The van der Waals surface area contributed by atoms with Crippen molar-refractivity contribution in [2.75, 3.05) is 19.6 Å². The van der Waals surface area contributed by atoms with Gasteiger partial charge in [0, 0.05) is 42.3 Å². The number of halogens is 1. The summed E-state index contributed by atoms with van der Waals surface area (Å²) in [4.78, 5) is 30.9. The van der Waals surface area contributed by atoms with E-state index in [0.717, 1.165) is 63.1 Å². The van der Waals surface area contributed by atoms with E-state index in [1.165, 1.54) is 16.2 Å². The maximum absolute atomic E-state index is 13.9. The Morgan fingerprint density at radius 3 is 2.46 bits per heavy atom. The van der Waals surface area contributed by atoms with E-state index >= 15 is 0 Å². The summed E-state index contributed by atoms with van der Waals surface area (Å²) in [5.41, 5.74) is 3.61. The molecule has 0 radical (unpaired) electrons. The van der Waals surface area contributed by atoms with Crippen molar-refractivity contribution in [3.05, 3.63) is 51.8 Å². The number of nitrogens with one attached hydrogen (secondary N) is 1. The Kier molecular flexibility index (Phi) is 6.66. The van der Waals surface area contributed by atoms with Gasteiger partial charge >= 0.3 is 6.03 Å². The Morgan fingerprint density at radius 1 is 1.11 bits per heavy atom. The van der Waals surface area contributed by atoms with Gasteiger partial charge in [0.1, 0.15) is 5.54 Å². The van der Waals surface area contributed by atoms with Crippen LogP contribution in [0.4, 0.5) is 4.79 Å². The number of imide groups is 1. The number of piperidine rings is 1. The fourth-order valence-electron chi connectivity index (χ4n) is 5.93. The molecule has 3 heterocycles. The first-order valence-electron chi connectivity index (χ1n) is 12.9. The molecule has 0 unspecified atom stereocenters. The molecule has 0 spiro atoms. The van der Waals surface area contributed by atoms with Crippen LogP contribution < -0.4 is 5.32 Å². The highest BCUT2D eigenvalue weighted by Gasteiger charge is 2.56. The van der Waals surface area contributed by atoms with Crippen molar-refractivity contribution in [3.8, 4) is 0 Å². The van der Waals surface area contributed by atoms with Crippen LogP contribution >= 0.6 is 11.6 Å². The third-order valence-corrected chi connectivity index (χ3v) is 8.63. The number of amides is 3. The number of carbonyl (C=O) groups is 2. The van der Waals surface area contributed by atoms with Gasteiger partial charge in [0.05, 0.1) is 5.69 Å². The number of carbonyl (C=O) groups excluding carboxylic acids is 2. The maximum atomic E-state index is 13.9. The Morgan fingerprint density at radius 2 is 1.83 bits per heavy atom. The van der Waals surface area contributed by atoms with Crippen molar-refractivity contribution in [3.63, 3.8) is 0 Å². The van der Waals surface area contributed by atoms with Crippen molar-refractivity contribution in [2.24, 2.45) is 11.8 Å². The van der Waals surface area contributed by atoms with Crippen molar-refractivity contribution < 1.29 is 9.59 Å². The van der Waals surface area contributed by atoms with Crippen LogP contribution in [0, 0.1) is 25.7 Å². The lowest BCUT2D eigenvalue weighted by Crippen LogP contribution is -2.57. The zero-order chi connectivity index (χ0) is 24.7. The molecular weight excluding hydrogens is 462 g/mol. The minimum atomic E-state index is -0.929. The lowest BCUT2D eigenvalue weighted by atomic mass is 9.73. The van der Waals surface area contributed by atoms with E-state index in [4.69, 9.17) is 11.6 Å². The van der Waals surface area contributed by atoms with Gasteiger partial charge in [-0.1, -0.05) is 29.8 Å². The first kappa shape index (κ1) is 24.3. The van der Waals surface area contributed by atoms with Gasteiger partial charge in [-0.3, -0.25) is 19.3 Å². The molecule has 0 bridgehead atoms. The van der Waals surface area contributed by atoms with Gasteiger partial charge in [-0.15, -0.1) is 0 Å². The fraction of sp³-hybridized carbons (Fsp3) is 0.593. The van der Waals surface area contributed by atoms with Gasteiger partial charge in [-0.05, 0) is 83.0 Å². The molecule has 5 rings (SSSR count). The standard InChI is InChI=1S/C27H36ClN5O2/c1-4-33-19(3)23(18(2)30-33)17-31-13-11-22(12-14-31)27(15-21-7-5-6-8-24(21)28)25(34)32(26(35)29-27)16-20-9-10-20/h5-8,20,22H,4,9-17H2,1-3H3,(H,29,35)/t27-/m0/s1. The summed E-state index contributed by atoms with van der Waals surface area (Å²) in [6.45, 7) is 10.4. The molecule has 1 aliphatic carbocycles. The average Bonchev–Trinajstić information content (AvgIpc) is 3.59. The number of nitrogens with zero attached hydrogens (tertiary/aromatic N) is 4. The molecular formula is C27H36ClN5O2. The zero-order valence-electron chi connectivity index (χ0n) is 21.0.